The average Bonchev–Trinajstić information content (AvgIpc) is 1.88. The van der Waals surface area contributed by atoms with Crippen molar-refractivity contribution in [2.24, 2.45) is 0 Å². The van der Waals surface area contributed by atoms with Crippen molar-refractivity contribution in [2.45, 2.75) is 0 Å². The number of rotatable bonds is 1. The zero-order valence-electron chi connectivity index (χ0n) is 4.87. The van der Waals surface area contributed by atoms with E-state index in [1.807, 2.05) is 30.3 Å². The van der Waals surface area contributed by atoms with E-state index in [9.17, 15) is 0 Å². The molecule has 0 heterocycles. The quantitative estimate of drug-likeness (QED) is 0.696. The molecule has 0 saturated heterocycles. The van der Waals surface area contributed by atoms with Crippen LogP contribution < -0.4 is 4.16 Å². The summed E-state index contributed by atoms with van der Waals surface area (Å²) in [4.78, 5) is 0. The zero-order valence-corrected chi connectivity index (χ0v) is 8.88. The Morgan fingerprint density at radius 1 is 0.900 bits per heavy atom. The third-order valence-electron chi connectivity index (χ3n) is 0.956. The van der Waals surface area contributed by atoms with Gasteiger partial charge in [0.1, 0.15) is 0 Å². The van der Waals surface area contributed by atoms with Gasteiger partial charge in [0.2, 0.25) is 0 Å². The normalized spacial score (nSPS) is 13.1. The standard InChI is InChI=1S/C6H5.3ClH.Ru/c1-2-4-6-5-3-1;;;;/h1-5H;3*1H;/q;;;;+3/p-3. The molecule has 0 radical (unpaired) electrons. The molecule has 0 aliphatic rings. The topological polar surface area (TPSA) is 0 Å². The van der Waals surface area contributed by atoms with E-state index in [-0.39, 0.29) is 0 Å². The van der Waals surface area contributed by atoms with Gasteiger partial charge < -0.3 is 0 Å². The van der Waals surface area contributed by atoms with E-state index in [4.69, 9.17) is 29.1 Å². The van der Waals surface area contributed by atoms with Crippen LogP contribution in [-0.2, 0) is 11.8 Å². The zero-order chi connectivity index (χ0) is 7.61. The summed E-state index contributed by atoms with van der Waals surface area (Å²) in [6.07, 6.45) is 0. The molecule has 10 heavy (non-hydrogen) atoms. The summed E-state index contributed by atoms with van der Waals surface area (Å²) in [6.45, 7) is 0. The molecule has 0 aromatic heterocycles. The molecule has 1 rings (SSSR count). The van der Waals surface area contributed by atoms with Crippen molar-refractivity contribution >= 4 is 33.2 Å². The molecule has 0 spiro atoms. The Morgan fingerprint density at radius 3 is 1.70 bits per heavy atom. The third kappa shape index (κ3) is 2.39. The minimum absolute atomic E-state index is 0.864. The first-order valence-corrected chi connectivity index (χ1v) is 10.1. The molecule has 0 atom stereocenters. The maximum absolute atomic E-state index is 5.76. The van der Waals surface area contributed by atoms with Gasteiger partial charge in [0.15, 0.2) is 0 Å². The van der Waals surface area contributed by atoms with Gasteiger partial charge in [-0.2, -0.15) is 0 Å². The minimum atomic E-state index is -2.91. The van der Waals surface area contributed by atoms with Crippen molar-refractivity contribution in [1.82, 2.24) is 0 Å². The monoisotopic (exact) mass is 284 g/mol. The predicted molar refractivity (Wildman–Crippen MR) is 43.6 cm³/mol. The molecular formula is C6H5Cl3Ru. The summed E-state index contributed by atoms with van der Waals surface area (Å²) < 4.78 is 0.864. The van der Waals surface area contributed by atoms with Gasteiger partial charge >= 0.3 is 75.4 Å². The van der Waals surface area contributed by atoms with Crippen molar-refractivity contribution < 1.29 is 11.8 Å². The van der Waals surface area contributed by atoms with Gasteiger partial charge in [-0.3, -0.25) is 0 Å². The van der Waals surface area contributed by atoms with Gasteiger partial charge in [-0.1, -0.05) is 0 Å². The fourth-order valence-corrected chi connectivity index (χ4v) is 3.12. The van der Waals surface area contributed by atoms with Crippen LogP contribution in [0, 0.1) is 0 Å². The summed E-state index contributed by atoms with van der Waals surface area (Å²) in [5.41, 5.74) is 0. The Hall–Kier alpha value is 0.713. The second-order valence-corrected chi connectivity index (χ2v) is 13.9. The van der Waals surface area contributed by atoms with Crippen molar-refractivity contribution in [3.63, 3.8) is 0 Å². The molecule has 1 aromatic rings. The second-order valence-electron chi connectivity index (χ2n) is 1.63. The Kier molecular flexibility index (Phi) is 3.00. The van der Waals surface area contributed by atoms with E-state index in [0.29, 0.717) is 0 Å². The summed E-state index contributed by atoms with van der Waals surface area (Å²) in [7, 11) is 17.3. The predicted octanol–water partition coefficient (Wildman–Crippen LogP) is 2.93. The molecule has 0 N–H and O–H groups in total. The molecule has 0 fully saturated rings. The van der Waals surface area contributed by atoms with Crippen LogP contribution in [0.4, 0.5) is 0 Å². The molecule has 0 aliphatic carbocycles. The van der Waals surface area contributed by atoms with Gasteiger partial charge in [0, 0.05) is 0 Å². The molecule has 58 valence electrons. The second kappa shape index (κ2) is 3.41. The first-order chi connectivity index (χ1) is 4.61. The fraction of sp³-hybridized carbons (Fsp3) is 0. The van der Waals surface area contributed by atoms with E-state index in [1.54, 1.807) is 0 Å². The summed E-state index contributed by atoms with van der Waals surface area (Å²) in [5.74, 6) is 0. The molecule has 0 saturated carbocycles. The van der Waals surface area contributed by atoms with Crippen molar-refractivity contribution in [2.75, 3.05) is 0 Å². The van der Waals surface area contributed by atoms with E-state index in [0.717, 1.165) is 4.16 Å². The Bertz CT molecular complexity index is 204. The molecular weight excluding hydrogens is 279 g/mol. The van der Waals surface area contributed by atoms with E-state index < -0.39 is 11.8 Å². The molecule has 0 bridgehead atoms. The molecule has 1 aromatic carbocycles. The van der Waals surface area contributed by atoms with Crippen LogP contribution >= 0.6 is 29.1 Å². The summed E-state index contributed by atoms with van der Waals surface area (Å²) >= 11 is -2.91. The Balaban J connectivity index is 2.97. The Morgan fingerprint density at radius 2 is 1.40 bits per heavy atom. The fourth-order valence-electron chi connectivity index (χ4n) is 0.544. The van der Waals surface area contributed by atoms with Gasteiger partial charge in [-0.15, -0.1) is 0 Å². The van der Waals surface area contributed by atoms with Crippen LogP contribution in [0.15, 0.2) is 30.3 Å². The molecule has 0 nitrogen and oxygen atoms in total. The summed E-state index contributed by atoms with van der Waals surface area (Å²) in [6, 6.07) is 9.34. The van der Waals surface area contributed by atoms with Crippen molar-refractivity contribution in [3.8, 4) is 0 Å². The molecule has 0 unspecified atom stereocenters. The van der Waals surface area contributed by atoms with Crippen LogP contribution in [0.1, 0.15) is 0 Å². The van der Waals surface area contributed by atoms with Gasteiger partial charge in [-0.05, 0) is 0 Å². The molecule has 0 amide bonds. The van der Waals surface area contributed by atoms with Crippen LogP contribution in [0.2, 0.25) is 0 Å². The SMILES string of the molecule is [Cl][Ru]([Cl])([Cl])[c]1ccccc1. The van der Waals surface area contributed by atoms with E-state index in [1.165, 1.54) is 0 Å². The number of hydrogen-bond acceptors (Lipinski definition) is 0. The number of halogens is 3. The van der Waals surface area contributed by atoms with Gasteiger partial charge in [0.25, 0.3) is 0 Å². The van der Waals surface area contributed by atoms with Crippen LogP contribution in [0.5, 0.6) is 0 Å². The summed E-state index contributed by atoms with van der Waals surface area (Å²) in [5, 5.41) is 0. The van der Waals surface area contributed by atoms with Gasteiger partial charge in [0.05, 0.1) is 0 Å². The van der Waals surface area contributed by atoms with Gasteiger partial charge in [-0.25, -0.2) is 0 Å². The third-order valence-corrected chi connectivity index (χ3v) is 5.41. The van der Waals surface area contributed by atoms with E-state index in [2.05, 4.69) is 0 Å². The average molecular weight is 285 g/mol. The number of benzene rings is 1. The van der Waals surface area contributed by atoms with Crippen LogP contribution in [0.25, 0.3) is 0 Å². The Labute approximate surface area is 75.0 Å². The van der Waals surface area contributed by atoms with Crippen molar-refractivity contribution in [1.29, 1.82) is 0 Å². The van der Waals surface area contributed by atoms with Crippen LogP contribution in [-0.4, -0.2) is 0 Å². The molecule has 4 heteroatoms. The van der Waals surface area contributed by atoms with E-state index >= 15 is 0 Å². The molecule has 0 aliphatic heterocycles. The number of hydrogen-bond donors (Lipinski definition) is 0. The van der Waals surface area contributed by atoms with Crippen LogP contribution in [0.3, 0.4) is 0 Å². The maximum atomic E-state index is 5.76. The van der Waals surface area contributed by atoms with Crippen molar-refractivity contribution in [3.05, 3.63) is 30.3 Å². The first-order valence-electron chi connectivity index (χ1n) is 2.49. The first kappa shape index (κ1) is 8.81.